The molecule has 0 aromatic heterocycles. The second-order valence-corrected chi connectivity index (χ2v) is 8.71. The summed E-state index contributed by atoms with van der Waals surface area (Å²) in [5, 5.41) is 10.2. The number of fused-ring (bicyclic) bond motifs is 1. The van der Waals surface area contributed by atoms with Gasteiger partial charge in [0, 0.05) is 30.5 Å². The van der Waals surface area contributed by atoms with E-state index >= 15 is 0 Å². The van der Waals surface area contributed by atoms with Gasteiger partial charge in [-0.3, -0.25) is 14.5 Å². The molecule has 0 bridgehead atoms. The highest BCUT2D eigenvalue weighted by Gasteiger charge is 2.45. The number of aromatic hydroxyl groups is 1. The third-order valence-electron chi connectivity index (χ3n) is 5.76. The molecule has 0 fully saturated rings. The first-order chi connectivity index (χ1) is 14.9. The average Bonchev–Trinajstić information content (AvgIpc) is 3.16. The summed E-state index contributed by atoms with van der Waals surface area (Å²) >= 11 is 1.46. The van der Waals surface area contributed by atoms with Gasteiger partial charge < -0.3 is 14.7 Å². The summed E-state index contributed by atoms with van der Waals surface area (Å²) in [6.07, 6.45) is 0. The van der Waals surface area contributed by atoms with Crippen LogP contribution in [0.3, 0.4) is 0 Å². The Morgan fingerprint density at radius 1 is 1.06 bits per heavy atom. The molecule has 166 valence electrons. The van der Waals surface area contributed by atoms with Crippen LogP contribution in [0.5, 0.6) is 5.75 Å². The monoisotopic (exact) mass is 442 g/mol. The van der Waals surface area contributed by atoms with Gasteiger partial charge in [-0.1, -0.05) is 62.0 Å². The van der Waals surface area contributed by atoms with Crippen LogP contribution in [0.15, 0.2) is 47.4 Å². The lowest BCUT2D eigenvalue weighted by atomic mass is 9.95. The minimum atomic E-state index is -0.617. The van der Waals surface area contributed by atoms with Gasteiger partial charge in [-0.05, 0) is 30.3 Å². The van der Waals surface area contributed by atoms with Gasteiger partial charge in [-0.25, -0.2) is 0 Å². The number of ether oxygens (including phenoxy) is 1. The Balaban J connectivity index is 2.04. The Morgan fingerprint density at radius 2 is 1.74 bits per heavy atom. The fraction of sp³-hybridized carbons (Fsp3) is 0.417. The lowest BCUT2D eigenvalue weighted by molar-refractivity contribution is -0.144. The van der Waals surface area contributed by atoms with E-state index in [4.69, 9.17) is 4.74 Å². The van der Waals surface area contributed by atoms with Crippen molar-refractivity contribution in [2.45, 2.75) is 50.0 Å². The van der Waals surface area contributed by atoms with Crippen LogP contribution in [-0.2, 0) is 27.4 Å². The quantitative estimate of drug-likeness (QED) is 0.624. The van der Waals surface area contributed by atoms with E-state index in [1.807, 2.05) is 30.3 Å². The fourth-order valence-corrected chi connectivity index (χ4v) is 5.59. The molecular weight excluding hydrogens is 412 g/mol. The summed E-state index contributed by atoms with van der Waals surface area (Å²) in [7, 11) is 1.37. The van der Waals surface area contributed by atoms with Gasteiger partial charge >= 0.3 is 5.97 Å². The molecule has 6 nitrogen and oxygen atoms in total. The number of benzene rings is 2. The molecule has 1 aliphatic rings. The van der Waals surface area contributed by atoms with Gasteiger partial charge in [0.05, 0.1) is 7.11 Å². The highest BCUT2D eigenvalue weighted by atomic mass is 32.2. The summed E-state index contributed by atoms with van der Waals surface area (Å²) in [4.78, 5) is 30.3. The molecule has 0 aliphatic carbocycles. The van der Waals surface area contributed by atoms with E-state index in [-0.39, 0.29) is 17.6 Å². The number of methoxy groups -OCH3 is 1. The first-order valence-corrected chi connectivity index (χ1v) is 11.4. The number of nitrogens with zero attached hydrogens (tertiary/aromatic N) is 2. The van der Waals surface area contributed by atoms with E-state index in [0.29, 0.717) is 13.1 Å². The van der Waals surface area contributed by atoms with Crippen LogP contribution in [-0.4, -0.2) is 52.4 Å². The molecule has 1 amide bonds. The number of hydrogen-bond acceptors (Lipinski definition) is 6. The number of carbonyl (C=O) groups excluding carboxylic acids is 2. The van der Waals surface area contributed by atoms with Crippen LogP contribution >= 0.6 is 11.8 Å². The van der Waals surface area contributed by atoms with Crippen LogP contribution in [0.1, 0.15) is 43.4 Å². The summed E-state index contributed by atoms with van der Waals surface area (Å²) in [5.41, 5.74) is 2.59. The van der Waals surface area contributed by atoms with Crippen LogP contribution in [0.25, 0.3) is 0 Å². The molecule has 1 N–H and O–H groups in total. The lowest BCUT2D eigenvalue weighted by Crippen LogP contribution is -2.40. The minimum Gasteiger partial charge on any atom is -0.508 e. The normalized spacial score (nSPS) is 17.5. The van der Waals surface area contributed by atoms with E-state index in [0.717, 1.165) is 34.7 Å². The predicted molar refractivity (Wildman–Crippen MR) is 122 cm³/mol. The van der Waals surface area contributed by atoms with Gasteiger partial charge in [-0.15, -0.1) is 0 Å². The van der Waals surface area contributed by atoms with Crippen LogP contribution in [0.4, 0.5) is 0 Å². The van der Waals surface area contributed by atoms with Gasteiger partial charge in [-0.2, -0.15) is 0 Å². The third kappa shape index (κ3) is 4.88. The van der Waals surface area contributed by atoms with Crippen molar-refractivity contribution in [3.05, 3.63) is 59.2 Å². The molecule has 0 saturated heterocycles. The van der Waals surface area contributed by atoms with E-state index in [9.17, 15) is 14.7 Å². The van der Waals surface area contributed by atoms with Crippen molar-refractivity contribution in [3.63, 3.8) is 0 Å². The van der Waals surface area contributed by atoms with E-state index in [2.05, 4.69) is 18.7 Å². The molecular formula is C24H30N2O4S. The first kappa shape index (κ1) is 23.2. The number of esters is 1. The lowest BCUT2D eigenvalue weighted by Gasteiger charge is -2.30. The summed E-state index contributed by atoms with van der Waals surface area (Å²) in [6.45, 7) is 8.35. The summed E-state index contributed by atoms with van der Waals surface area (Å²) in [5.74, 6) is -0.902. The van der Waals surface area contributed by atoms with Crippen LogP contribution in [0.2, 0.25) is 0 Å². The molecule has 3 rings (SSSR count). The largest absolute Gasteiger partial charge is 0.508 e. The molecule has 7 heteroatoms. The van der Waals surface area contributed by atoms with Crippen molar-refractivity contribution in [2.75, 3.05) is 20.2 Å². The molecule has 0 spiro atoms. The zero-order valence-corrected chi connectivity index (χ0v) is 19.3. The van der Waals surface area contributed by atoms with E-state index < -0.39 is 11.3 Å². The molecule has 2 atom stereocenters. The van der Waals surface area contributed by atoms with Gasteiger partial charge in [0.1, 0.15) is 17.0 Å². The predicted octanol–water partition coefficient (Wildman–Crippen LogP) is 3.97. The Labute approximate surface area is 188 Å². The van der Waals surface area contributed by atoms with Crippen molar-refractivity contribution < 1.29 is 19.4 Å². The van der Waals surface area contributed by atoms with Crippen molar-refractivity contribution in [3.8, 4) is 5.75 Å². The molecule has 2 unspecified atom stereocenters. The standard InChI is InChI=1S/C24H30N2O4S/c1-5-25(6-2)15-19-20(28)13-12-18-21(24(29)30-4)23(31-22(18)19)26(16(3)27)14-17-10-8-7-9-11-17/h7-13,21,23,28H,5-6,14-15H2,1-4H3. The number of carbonyl (C=O) groups is 2. The Morgan fingerprint density at radius 3 is 2.32 bits per heavy atom. The van der Waals surface area contributed by atoms with Crippen molar-refractivity contribution in [1.82, 2.24) is 9.80 Å². The molecule has 1 aliphatic heterocycles. The Bertz CT molecular complexity index is 931. The maximum atomic E-state index is 12.9. The number of rotatable bonds is 8. The minimum absolute atomic E-state index is 0.113. The van der Waals surface area contributed by atoms with Gasteiger partial charge in [0.2, 0.25) is 5.91 Å². The molecule has 31 heavy (non-hydrogen) atoms. The smallest absolute Gasteiger partial charge is 0.316 e. The van der Waals surface area contributed by atoms with E-state index in [1.54, 1.807) is 17.0 Å². The Kier molecular flexibility index (Phi) is 7.62. The van der Waals surface area contributed by atoms with Gasteiger partial charge in [0.25, 0.3) is 0 Å². The molecule has 2 aromatic carbocycles. The Hall–Kier alpha value is -2.51. The number of phenolic OH excluding ortho intramolecular Hbond substituents is 1. The second kappa shape index (κ2) is 10.2. The summed E-state index contributed by atoms with van der Waals surface area (Å²) in [6, 6.07) is 13.2. The number of hydrogen-bond donors (Lipinski definition) is 1. The van der Waals surface area contributed by atoms with Crippen LogP contribution < -0.4 is 0 Å². The zero-order chi connectivity index (χ0) is 22.5. The number of amides is 1. The average molecular weight is 443 g/mol. The molecule has 2 aromatic rings. The number of phenols is 1. The highest BCUT2D eigenvalue weighted by molar-refractivity contribution is 8.00. The maximum absolute atomic E-state index is 12.9. The van der Waals surface area contributed by atoms with Crippen LogP contribution in [0, 0.1) is 0 Å². The SMILES string of the molecule is CCN(CC)Cc1c(O)ccc2c1SC(N(Cc1ccccc1)C(C)=O)C2C(=O)OC. The first-order valence-electron chi connectivity index (χ1n) is 10.5. The molecule has 0 saturated carbocycles. The zero-order valence-electron chi connectivity index (χ0n) is 18.5. The maximum Gasteiger partial charge on any atom is 0.316 e. The van der Waals surface area contributed by atoms with Gasteiger partial charge in [0.15, 0.2) is 0 Å². The number of thioether (sulfide) groups is 1. The van der Waals surface area contributed by atoms with Crippen molar-refractivity contribution >= 4 is 23.6 Å². The third-order valence-corrected chi connectivity index (χ3v) is 7.25. The fourth-order valence-electron chi connectivity index (χ4n) is 3.96. The second-order valence-electron chi connectivity index (χ2n) is 7.58. The van der Waals surface area contributed by atoms with Crippen molar-refractivity contribution in [2.24, 2.45) is 0 Å². The topological polar surface area (TPSA) is 70.1 Å². The van der Waals surface area contributed by atoms with Crippen molar-refractivity contribution in [1.29, 1.82) is 0 Å². The summed E-state index contributed by atoms with van der Waals surface area (Å²) < 4.78 is 5.13. The van der Waals surface area contributed by atoms with E-state index in [1.165, 1.54) is 25.8 Å². The highest BCUT2D eigenvalue weighted by Crippen LogP contribution is 2.51. The molecule has 1 heterocycles. The molecule has 0 radical (unpaired) electrons.